The average molecular weight is 696 g/mol. The predicted molar refractivity (Wildman–Crippen MR) is 162 cm³/mol. The third kappa shape index (κ3) is 5.51. The molecule has 5 aromatic carbocycles. The van der Waals surface area contributed by atoms with E-state index in [0.717, 1.165) is 11.3 Å². The van der Waals surface area contributed by atoms with Gasteiger partial charge in [-0.2, -0.15) is 0 Å². The Morgan fingerprint density at radius 3 is 1.46 bits per heavy atom. The molecule has 184 valence electrons. The molecule has 0 aliphatic rings. The summed E-state index contributed by atoms with van der Waals surface area (Å²) >= 11 is 6.83. The van der Waals surface area contributed by atoms with Gasteiger partial charge in [0.05, 0.1) is 14.6 Å². The van der Waals surface area contributed by atoms with Crippen molar-refractivity contribution >= 4 is 72.2 Å². The highest BCUT2D eigenvalue weighted by molar-refractivity contribution is 9.11. The lowest BCUT2D eigenvalue weighted by Gasteiger charge is -2.28. The van der Waals surface area contributed by atoms with Crippen LogP contribution in [0.5, 0.6) is 5.75 Å². The van der Waals surface area contributed by atoms with Gasteiger partial charge in [0, 0.05) is 11.8 Å². The van der Waals surface area contributed by atoms with Crippen LogP contribution in [0.4, 0.5) is 5.69 Å². The van der Waals surface area contributed by atoms with E-state index in [1.165, 1.54) is 21.2 Å². The maximum absolute atomic E-state index is 10.1. The lowest BCUT2D eigenvalue weighted by atomic mass is 10.2. The van der Waals surface area contributed by atoms with E-state index in [2.05, 4.69) is 147 Å². The number of phenols is 1. The summed E-state index contributed by atoms with van der Waals surface area (Å²) in [5.74, 6) is 0.163. The number of rotatable bonds is 6. The molecule has 0 radical (unpaired) electrons. The molecule has 0 amide bonds. The highest BCUT2D eigenvalue weighted by Gasteiger charge is 2.48. The largest absolute Gasteiger partial charge is 1.00 e. The first-order chi connectivity index (χ1) is 17.6. The third-order valence-corrected chi connectivity index (χ3v) is 11.6. The van der Waals surface area contributed by atoms with Gasteiger partial charge in [-0.15, -0.1) is 0 Å². The Hall–Kier alpha value is -2.56. The van der Waals surface area contributed by atoms with Crippen LogP contribution in [0.1, 0.15) is 5.56 Å². The van der Waals surface area contributed by atoms with Crippen molar-refractivity contribution in [2.45, 2.75) is 0 Å². The molecule has 5 aromatic rings. The molecule has 37 heavy (non-hydrogen) atoms. The molecular formula is C31H23Br3NOP. The standard InChI is InChI=1S/C31H22Br2NOP.BrH/c32-28-20-24(21-29(33)31(28)35)34-22-23-12-10-11-19-30(23)36(25-13-4-1-5-14-25,26-15-6-2-7-16-26)27-17-8-3-9-18-27;/h1-22H;1H. The van der Waals surface area contributed by atoms with E-state index in [1.807, 2.05) is 18.3 Å². The van der Waals surface area contributed by atoms with Crippen molar-refractivity contribution in [3.8, 4) is 5.75 Å². The SMILES string of the molecule is Oc1c(Br)cc(N=Cc2ccccc2[P+](c2ccccc2)(c2ccccc2)c2ccccc2)cc1Br.[Br-]. The average Bonchev–Trinajstić information content (AvgIpc) is 2.93. The van der Waals surface area contributed by atoms with Crippen molar-refractivity contribution in [3.63, 3.8) is 0 Å². The van der Waals surface area contributed by atoms with Gasteiger partial charge in [-0.1, -0.05) is 66.7 Å². The molecule has 0 saturated carbocycles. The van der Waals surface area contributed by atoms with Gasteiger partial charge in [0.2, 0.25) is 0 Å². The maximum Gasteiger partial charge on any atom is 0.145 e. The van der Waals surface area contributed by atoms with Gasteiger partial charge in [0.15, 0.2) is 0 Å². The van der Waals surface area contributed by atoms with E-state index in [-0.39, 0.29) is 22.7 Å². The smallest absolute Gasteiger partial charge is 0.145 e. The first-order valence-corrected chi connectivity index (χ1v) is 14.9. The number of benzene rings is 5. The highest BCUT2D eigenvalue weighted by Crippen LogP contribution is 2.54. The minimum Gasteiger partial charge on any atom is -1.00 e. The normalized spacial score (nSPS) is 11.3. The molecule has 0 unspecified atom stereocenters. The number of aliphatic imine (C=N–C) groups is 1. The topological polar surface area (TPSA) is 32.6 Å². The first kappa shape index (κ1) is 27.5. The van der Waals surface area contributed by atoms with Crippen molar-refractivity contribution in [3.05, 3.63) is 142 Å². The van der Waals surface area contributed by atoms with Crippen molar-refractivity contribution < 1.29 is 22.1 Å². The van der Waals surface area contributed by atoms with Crippen molar-refractivity contribution in [2.24, 2.45) is 4.99 Å². The molecule has 2 nitrogen and oxygen atoms in total. The van der Waals surface area contributed by atoms with Crippen LogP contribution >= 0.6 is 39.1 Å². The van der Waals surface area contributed by atoms with Crippen LogP contribution in [0.15, 0.2) is 141 Å². The Morgan fingerprint density at radius 2 is 1.00 bits per heavy atom. The van der Waals surface area contributed by atoms with Crippen LogP contribution in [-0.4, -0.2) is 11.3 Å². The zero-order chi connectivity index (χ0) is 25.0. The monoisotopic (exact) mass is 693 g/mol. The van der Waals surface area contributed by atoms with Crippen LogP contribution in [-0.2, 0) is 0 Å². The quantitative estimate of drug-likeness (QED) is 0.209. The summed E-state index contributed by atoms with van der Waals surface area (Å²) in [4.78, 5) is 4.82. The van der Waals surface area contributed by atoms with E-state index in [4.69, 9.17) is 4.99 Å². The Labute approximate surface area is 245 Å². The zero-order valence-electron chi connectivity index (χ0n) is 19.7. The van der Waals surface area contributed by atoms with E-state index >= 15 is 0 Å². The summed E-state index contributed by atoms with van der Waals surface area (Å²) in [6, 6.07) is 44.6. The van der Waals surface area contributed by atoms with Gasteiger partial charge in [0.25, 0.3) is 0 Å². The van der Waals surface area contributed by atoms with E-state index in [1.54, 1.807) is 0 Å². The van der Waals surface area contributed by atoms with Crippen LogP contribution in [0.2, 0.25) is 0 Å². The highest BCUT2D eigenvalue weighted by atomic mass is 79.9. The second kappa shape index (κ2) is 12.3. The van der Waals surface area contributed by atoms with Gasteiger partial charge >= 0.3 is 0 Å². The Bertz CT molecular complexity index is 1390. The maximum atomic E-state index is 10.1. The number of hydrogen-bond donors (Lipinski definition) is 1. The van der Waals surface area contributed by atoms with Gasteiger partial charge < -0.3 is 22.1 Å². The van der Waals surface area contributed by atoms with E-state index in [0.29, 0.717) is 8.95 Å². The molecule has 0 bridgehead atoms. The van der Waals surface area contributed by atoms with Gasteiger partial charge in [-0.3, -0.25) is 4.99 Å². The molecule has 0 spiro atoms. The number of phenolic OH excluding ortho intramolecular Hbond substituents is 1. The fraction of sp³-hybridized carbons (Fsp3) is 0. The molecule has 6 heteroatoms. The number of aromatic hydroxyl groups is 1. The molecule has 5 rings (SSSR count). The Balaban J connectivity index is 0.00000320. The minimum absolute atomic E-state index is 0. The number of nitrogens with zero attached hydrogens (tertiary/aromatic N) is 1. The summed E-state index contributed by atoms with van der Waals surface area (Å²) in [5, 5.41) is 15.2. The second-order valence-corrected chi connectivity index (χ2v) is 13.3. The third-order valence-electron chi connectivity index (χ3n) is 6.08. The molecule has 1 N–H and O–H groups in total. The minimum atomic E-state index is -2.24. The van der Waals surface area contributed by atoms with Crippen molar-refractivity contribution in [1.29, 1.82) is 0 Å². The second-order valence-electron chi connectivity index (χ2n) is 8.25. The van der Waals surface area contributed by atoms with E-state index in [9.17, 15) is 5.11 Å². The molecule has 0 fully saturated rings. The van der Waals surface area contributed by atoms with Crippen LogP contribution in [0, 0.1) is 0 Å². The van der Waals surface area contributed by atoms with Crippen molar-refractivity contribution in [1.82, 2.24) is 0 Å². The number of halogens is 3. The molecule has 0 heterocycles. The summed E-state index contributed by atoms with van der Waals surface area (Å²) < 4.78 is 1.19. The summed E-state index contributed by atoms with van der Waals surface area (Å²) in [6.45, 7) is 0. The summed E-state index contributed by atoms with van der Waals surface area (Å²) in [6.07, 6.45) is 1.93. The van der Waals surface area contributed by atoms with Gasteiger partial charge in [-0.25, -0.2) is 0 Å². The molecule has 0 aliphatic heterocycles. The molecule has 0 saturated heterocycles. The van der Waals surface area contributed by atoms with Gasteiger partial charge in [0.1, 0.15) is 34.2 Å². The predicted octanol–water partition coefficient (Wildman–Crippen LogP) is 4.29. The molecule has 0 aliphatic carbocycles. The molecule has 0 aromatic heterocycles. The van der Waals surface area contributed by atoms with Gasteiger partial charge in [-0.05, 0) is 92.5 Å². The summed E-state index contributed by atoms with van der Waals surface area (Å²) in [7, 11) is -2.24. The van der Waals surface area contributed by atoms with Crippen LogP contribution < -0.4 is 38.2 Å². The summed E-state index contributed by atoms with van der Waals surface area (Å²) in [5.41, 5.74) is 1.80. The fourth-order valence-electron chi connectivity index (χ4n) is 4.49. The lowest BCUT2D eigenvalue weighted by Crippen LogP contribution is -3.00. The Kier molecular flexibility index (Phi) is 9.15. The molecular weight excluding hydrogens is 673 g/mol. The van der Waals surface area contributed by atoms with Crippen LogP contribution in [0.3, 0.4) is 0 Å². The van der Waals surface area contributed by atoms with Crippen molar-refractivity contribution in [2.75, 3.05) is 0 Å². The van der Waals surface area contributed by atoms with E-state index < -0.39 is 7.26 Å². The first-order valence-electron chi connectivity index (χ1n) is 11.5. The molecule has 0 atom stereocenters. The zero-order valence-corrected chi connectivity index (χ0v) is 25.3. The fourth-order valence-corrected chi connectivity index (χ4v) is 10.1. The lowest BCUT2D eigenvalue weighted by molar-refractivity contribution is -0.00000765. The number of hydrogen-bond acceptors (Lipinski definition) is 2. The Morgan fingerprint density at radius 1 is 0.595 bits per heavy atom. The van der Waals surface area contributed by atoms with Crippen LogP contribution in [0.25, 0.3) is 0 Å².